The van der Waals surface area contributed by atoms with E-state index in [1.54, 1.807) is 37.6 Å². The van der Waals surface area contributed by atoms with Crippen LogP contribution in [0.5, 0.6) is 11.5 Å². The normalized spacial score (nSPS) is 10.7. The molecule has 0 aliphatic rings. The van der Waals surface area contributed by atoms with Crippen molar-refractivity contribution < 1.29 is 18.7 Å². The van der Waals surface area contributed by atoms with Gasteiger partial charge in [-0.3, -0.25) is 4.79 Å². The zero-order chi connectivity index (χ0) is 17.8. The predicted octanol–water partition coefficient (Wildman–Crippen LogP) is 3.30. The molecule has 0 fully saturated rings. The van der Waals surface area contributed by atoms with Crippen LogP contribution < -0.4 is 14.8 Å². The standard InChI is InChI=1S/C19H19FN2O3/c1-24-16-7-6-12(10-17(16)25-2)19(23)21-9-8-13-11-22-18-14(13)4-3-5-15(18)20/h3-7,10-11,22H,8-9H2,1-2H3,(H,21,23). The van der Waals surface area contributed by atoms with Gasteiger partial charge in [0.15, 0.2) is 11.5 Å². The molecule has 3 aromatic rings. The Morgan fingerprint density at radius 1 is 1.16 bits per heavy atom. The molecule has 0 bridgehead atoms. The molecule has 0 spiro atoms. The summed E-state index contributed by atoms with van der Waals surface area (Å²) < 4.78 is 24.0. The maximum Gasteiger partial charge on any atom is 0.251 e. The number of fused-ring (bicyclic) bond motifs is 1. The topological polar surface area (TPSA) is 63.3 Å². The molecule has 6 heteroatoms. The molecule has 0 unspecified atom stereocenters. The van der Waals surface area contributed by atoms with Crippen molar-refractivity contribution >= 4 is 16.8 Å². The molecule has 130 valence electrons. The van der Waals surface area contributed by atoms with Gasteiger partial charge in [-0.25, -0.2) is 4.39 Å². The van der Waals surface area contributed by atoms with Crippen LogP contribution in [0.25, 0.3) is 10.9 Å². The van der Waals surface area contributed by atoms with Crippen molar-refractivity contribution in [2.75, 3.05) is 20.8 Å². The second kappa shape index (κ2) is 7.25. The van der Waals surface area contributed by atoms with Gasteiger partial charge in [0.1, 0.15) is 5.82 Å². The Bertz CT molecular complexity index is 905. The maximum atomic E-state index is 13.7. The molecular weight excluding hydrogens is 323 g/mol. The number of rotatable bonds is 6. The van der Waals surface area contributed by atoms with E-state index in [1.807, 2.05) is 6.07 Å². The first-order chi connectivity index (χ1) is 12.1. The Morgan fingerprint density at radius 2 is 1.96 bits per heavy atom. The fourth-order valence-corrected chi connectivity index (χ4v) is 2.77. The highest BCUT2D eigenvalue weighted by Crippen LogP contribution is 2.27. The number of aromatic amines is 1. The lowest BCUT2D eigenvalue weighted by Crippen LogP contribution is -2.25. The van der Waals surface area contributed by atoms with Crippen molar-refractivity contribution in [1.82, 2.24) is 10.3 Å². The fraction of sp³-hybridized carbons (Fsp3) is 0.211. The quantitative estimate of drug-likeness (QED) is 0.722. The number of carbonyl (C=O) groups excluding carboxylic acids is 1. The number of methoxy groups -OCH3 is 2. The van der Waals surface area contributed by atoms with Gasteiger partial charge >= 0.3 is 0 Å². The minimum atomic E-state index is -0.280. The molecule has 0 saturated heterocycles. The SMILES string of the molecule is COc1ccc(C(=O)NCCc2c[nH]c3c(F)cccc23)cc1OC. The zero-order valence-corrected chi connectivity index (χ0v) is 14.1. The molecule has 1 aromatic heterocycles. The third kappa shape index (κ3) is 3.42. The fourth-order valence-electron chi connectivity index (χ4n) is 2.77. The Morgan fingerprint density at radius 3 is 2.72 bits per heavy atom. The number of hydrogen-bond donors (Lipinski definition) is 2. The van der Waals surface area contributed by atoms with Gasteiger partial charge in [0, 0.05) is 23.7 Å². The number of halogens is 1. The zero-order valence-electron chi connectivity index (χ0n) is 14.1. The van der Waals surface area contributed by atoms with Crippen molar-refractivity contribution in [1.29, 1.82) is 0 Å². The van der Waals surface area contributed by atoms with E-state index in [4.69, 9.17) is 9.47 Å². The van der Waals surface area contributed by atoms with Crippen molar-refractivity contribution in [2.24, 2.45) is 0 Å². The molecule has 5 nitrogen and oxygen atoms in total. The van der Waals surface area contributed by atoms with E-state index >= 15 is 0 Å². The van der Waals surface area contributed by atoms with Gasteiger partial charge in [0.05, 0.1) is 19.7 Å². The molecular formula is C19H19FN2O3. The lowest BCUT2D eigenvalue weighted by molar-refractivity contribution is 0.0953. The van der Waals surface area contributed by atoms with Crippen LogP contribution in [0.2, 0.25) is 0 Å². The minimum Gasteiger partial charge on any atom is -0.493 e. The molecule has 0 aliphatic heterocycles. The van der Waals surface area contributed by atoms with Gasteiger partial charge in [-0.05, 0) is 36.2 Å². The Labute approximate surface area is 144 Å². The van der Waals surface area contributed by atoms with Crippen LogP contribution in [-0.2, 0) is 6.42 Å². The summed E-state index contributed by atoms with van der Waals surface area (Å²) in [6, 6.07) is 9.96. The molecule has 1 amide bonds. The van der Waals surface area contributed by atoms with E-state index in [1.165, 1.54) is 13.2 Å². The van der Waals surface area contributed by atoms with E-state index in [9.17, 15) is 9.18 Å². The van der Waals surface area contributed by atoms with Crippen LogP contribution >= 0.6 is 0 Å². The van der Waals surface area contributed by atoms with E-state index in [0.717, 1.165) is 10.9 Å². The highest BCUT2D eigenvalue weighted by Gasteiger charge is 2.11. The second-order valence-electron chi connectivity index (χ2n) is 5.55. The number of ether oxygens (including phenoxy) is 2. The van der Waals surface area contributed by atoms with Gasteiger partial charge in [-0.1, -0.05) is 12.1 Å². The van der Waals surface area contributed by atoms with Crippen molar-refractivity contribution in [2.45, 2.75) is 6.42 Å². The smallest absolute Gasteiger partial charge is 0.251 e. The third-order valence-corrected chi connectivity index (χ3v) is 4.08. The monoisotopic (exact) mass is 342 g/mol. The van der Waals surface area contributed by atoms with Gasteiger partial charge in [0.2, 0.25) is 0 Å². The molecule has 1 heterocycles. The number of benzene rings is 2. The number of aromatic nitrogens is 1. The predicted molar refractivity (Wildman–Crippen MR) is 93.8 cm³/mol. The first kappa shape index (κ1) is 16.8. The van der Waals surface area contributed by atoms with Crippen LogP contribution in [0, 0.1) is 5.82 Å². The van der Waals surface area contributed by atoms with Gasteiger partial charge in [-0.2, -0.15) is 0 Å². The minimum absolute atomic E-state index is 0.202. The van der Waals surface area contributed by atoms with E-state index in [-0.39, 0.29) is 11.7 Å². The average Bonchev–Trinajstić information content (AvgIpc) is 3.05. The molecule has 2 N–H and O–H groups in total. The first-order valence-corrected chi connectivity index (χ1v) is 7.88. The van der Waals surface area contributed by atoms with Crippen LogP contribution in [-0.4, -0.2) is 31.7 Å². The van der Waals surface area contributed by atoms with Crippen molar-refractivity contribution in [3.8, 4) is 11.5 Å². The van der Waals surface area contributed by atoms with Crippen LogP contribution in [0.4, 0.5) is 4.39 Å². The average molecular weight is 342 g/mol. The van der Waals surface area contributed by atoms with Crippen molar-refractivity contribution in [3.05, 3.63) is 59.5 Å². The van der Waals surface area contributed by atoms with Crippen LogP contribution in [0.1, 0.15) is 15.9 Å². The highest BCUT2D eigenvalue weighted by atomic mass is 19.1. The molecule has 0 radical (unpaired) electrons. The second-order valence-corrected chi connectivity index (χ2v) is 5.55. The molecule has 25 heavy (non-hydrogen) atoms. The summed E-state index contributed by atoms with van der Waals surface area (Å²) in [6.07, 6.45) is 2.37. The lowest BCUT2D eigenvalue weighted by atomic mass is 10.1. The Balaban J connectivity index is 1.65. The van der Waals surface area contributed by atoms with E-state index < -0.39 is 0 Å². The molecule has 3 rings (SSSR count). The van der Waals surface area contributed by atoms with Crippen molar-refractivity contribution in [3.63, 3.8) is 0 Å². The highest BCUT2D eigenvalue weighted by molar-refractivity contribution is 5.95. The number of nitrogens with one attached hydrogen (secondary N) is 2. The summed E-state index contributed by atoms with van der Waals surface area (Å²) in [5, 5.41) is 3.70. The first-order valence-electron chi connectivity index (χ1n) is 7.88. The van der Waals surface area contributed by atoms with Crippen LogP contribution in [0.3, 0.4) is 0 Å². The number of hydrogen-bond acceptors (Lipinski definition) is 3. The van der Waals surface area contributed by atoms with E-state index in [0.29, 0.717) is 35.5 Å². The molecule has 0 aliphatic carbocycles. The van der Waals surface area contributed by atoms with E-state index in [2.05, 4.69) is 10.3 Å². The molecule has 0 atom stereocenters. The number of H-pyrrole nitrogens is 1. The Kier molecular flexibility index (Phi) is 4.88. The van der Waals surface area contributed by atoms with Gasteiger partial charge < -0.3 is 19.8 Å². The van der Waals surface area contributed by atoms with Crippen LogP contribution in [0.15, 0.2) is 42.6 Å². The number of carbonyl (C=O) groups is 1. The maximum absolute atomic E-state index is 13.7. The third-order valence-electron chi connectivity index (χ3n) is 4.08. The number of para-hydroxylation sites is 1. The number of amides is 1. The summed E-state index contributed by atoms with van der Waals surface area (Å²) in [4.78, 5) is 15.2. The lowest BCUT2D eigenvalue weighted by Gasteiger charge is -2.10. The summed E-state index contributed by atoms with van der Waals surface area (Å²) in [6.45, 7) is 0.441. The summed E-state index contributed by atoms with van der Waals surface area (Å²) >= 11 is 0. The largest absolute Gasteiger partial charge is 0.493 e. The molecule has 2 aromatic carbocycles. The summed E-state index contributed by atoms with van der Waals surface area (Å²) in [5.41, 5.74) is 1.94. The summed E-state index contributed by atoms with van der Waals surface area (Å²) in [5.74, 6) is 0.590. The summed E-state index contributed by atoms with van der Waals surface area (Å²) in [7, 11) is 3.07. The van der Waals surface area contributed by atoms with Gasteiger partial charge in [0.25, 0.3) is 5.91 Å². The van der Waals surface area contributed by atoms with Gasteiger partial charge in [-0.15, -0.1) is 0 Å². The molecule has 0 saturated carbocycles. The Hall–Kier alpha value is -3.02.